The number of piperidine rings is 1. The van der Waals surface area contributed by atoms with Crippen molar-refractivity contribution in [3.8, 4) is 5.75 Å². The molecule has 9 N–H and O–H groups in total. The van der Waals surface area contributed by atoms with Gasteiger partial charge in [0.2, 0.25) is 0 Å². The quantitative estimate of drug-likeness (QED) is 0.0401. The van der Waals surface area contributed by atoms with Gasteiger partial charge in [0.15, 0.2) is 0 Å². The zero-order chi connectivity index (χ0) is 98.6. The van der Waals surface area contributed by atoms with E-state index in [2.05, 4.69) is 381 Å². The Kier molecular flexibility index (Phi) is 31.4. The van der Waals surface area contributed by atoms with Gasteiger partial charge < -0.3 is 69.7 Å². The highest BCUT2D eigenvalue weighted by atomic mass is 79.9. The maximum Gasteiger partial charge on any atom is 0.254 e. The Morgan fingerprint density at radius 2 is 0.896 bits per heavy atom. The third kappa shape index (κ3) is 22.3. The highest BCUT2D eigenvalue weighted by Gasteiger charge is 2.35. The van der Waals surface area contributed by atoms with Crippen LogP contribution in [0.1, 0.15) is 238 Å². The molecule has 0 radical (unpaired) electrons. The van der Waals surface area contributed by atoms with E-state index in [1.54, 1.807) is 12.7 Å². The van der Waals surface area contributed by atoms with E-state index in [4.69, 9.17) is 9.47 Å². The third-order valence-corrected chi connectivity index (χ3v) is 34.1. The molecule has 10 aromatic carbocycles. The van der Waals surface area contributed by atoms with Crippen LogP contribution in [0.4, 0.5) is 17.1 Å². The molecule has 9 aliphatic rings. The lowest BCUT2D eigenvalue weighted by Crippen LogP contribution is -2.33. The van der Waals surface area contributed by atoms with Crippen molar-refractivity contribution in [2.45, 2.75) is 204 Å². The Hall–Kier alpha value is -10.2. The summed E-state index contributed by atoms with van der Waals surface area (Å²) in [5.74, 6) is 1.14. The number of carbonyl (C=O) groups excluding carboxylic acids is 1. The molecule has 1 amide bonds. The van der Waals surface area contributed by atoms with Gasteiger partial charge in [-0.2, -0.15) is 0 Å². The number of likely N-dealkylation sites (tertiary alicyclic amines) is 1. The van der Waals surface area contributed by atoms with Crippen LogP contribution in [0, 0.1) is 6.92 Å². The van der Waals surface area contributed by atoms with Crippen molar-refractivity contribution in [2.75, 3.05) is 83.2 Å². The van der Waals surface area contributed by atoms with Crippen LogP contribution >= 0.6 is 95.6 Å². The van der Waals surface area contributed by atoms with Crippen molar-refractivity contribution in [3.05, 3.63) is 359 Å². The van der Waals surface area contributed by atoms with E-state index in [1.807, 2.05) is 43.1 Å². The summed E-state index contributed by atoms with van der Waals surface area (Å²) in [5, 5.41) is 19.4. The first kappa shape index (κ1) is 99.8. The zero-order valence-electron chi connectivity index (χ0n) is 83.1. The Morgan fingerprint density at radius 1 is 0.431 bits per heavy atom. The number of H-pyrrole nitrogens is 6. The number of methoxy groups -OCH3 is 1. The molecule has 0 bridgehead atoms. The number of aromatic nitrogens is 7. The van der Waals surface area contributed by atoms with Crippen molar-refractivity contribution in [2.24, 2.45) is 0 Å². The Labute approximate surface area is 896 Å². The van der Waals surface area contributed by atoms with Crippen LogP contribution in [0.3, 0.4) is 0 Å². The molecule has 1 fully saturated rings. The first-order valence-corrected chi connectivity index (χ1v) is 56.8. The first-order valence-electron chi connectivity index (χ1n) is 52.1. The fourth-order valence-electron chi connectivity index (χ4n) is 24.0. The molecule has 144 heavy (non-hydrogen) atoms. The molecule has 26 rings (SSSR count). The molecule has 0 spiro atoms. The third-order valence-electron chi connectivity index (χ3n) is 31.1. The molecule has 1 saturated heterocycles. The lowest BCUT2D eigenvalue weighted by atomic mass is 9.90. The van der Waals surface area contributed by atoms with E-state index >= 15 is 0 Å². The van der Waals surface area contributed by atoms with Gasteiger partial charge in [0.1, 0.15) is 5.75 Å². The number of aromatic amines is 6. The highest BCUT2D eigenvalue weighted by Crippen LogP contribution is 2.47. The summed E-state index contributed by atoms with van der Waals surface area (Å²) in [5.41, 5.74) is 35.3. The Bertz CT molecular complexity index is 7480. The maximum atomic E-state index is 13.0. The number of nitrogens with zero attached hydrogens (tertiary/aromatic N) is 5. The number of aryl methyl sites for hydroxylation is 7. The van der Waals surface area contributed by atoms with E-state index in [0.717, 1.165) is 137 Å². The normalized spacial score (nSPS) is 18.8. The fourth-order valence-corrected chi connectivity index (χ4v) is 26.1. The number of carbonyl (C=O) groups is 1. The molecule has 7 aromatic heterocycles. The molecule has 0 saturated carbocycles. The van der Waals surface area contributed by atoms with Gasteiger partial charge in [-0.25, -0.2) is 0 Å². The average molecular weight is 2310 g/mol. The summed E-state index contributed by atoms with van der Waals surface area (Å²) >= 11 is 21.6. The predicted molar refractivity (Wildman–Crippen MR) is 616 cm³/mol. The molecule has 6 atom stereocenters. The number of hydrogen-bond donors (Lipinski definition) is 9. The van der Waals surface area contributed by atoms with Gasteiger partial charge in [-0.05, 0) is 380 Å². The monoisotopic (exact) mass is 2300 g/mol. The molecular formula is C121H130Br6N14O3. The summed E-state index contributed by atoms with van der Waals surface area (Å²) in [6.07, 6.45) is 36.6. The SMILES string of the molecule is Brc1ccc2[nH]c3c(c2c1)CCCC3N1CC=CC1.Brc1ccc2[nH]c3c(c2c1)CCCC3NCc1ccc2c(c1)CCO2.Brc1ccc2[nH]c3c(c2c1)CCCC3n1ccc(CN2CCCCC2)c1.CN(C)c1ccc(NC2CCCc3c2[nH]c2ccc(Br)cc32)cc1.COCCc1cccc(NC2CCCc3c2[nH]c2ccc(Br)cc32)c1.Cc1cccc(C(=O)N(C)C2CCCc3c2[nH]c2ccc(Br)cc32)c1. The minimum absolute atomic E-state index is 0.0846. The standard InChI is InChI=1S/C22H26BrN3.2C21H21BrN2O.C21H23BrN2O.C20H22BrN3.C16H17BrN2/c23-17-7-8-20-19(13-17)18-5-4-6-21(22(18)24-20)26-12-9-16(15-26)14-25-10-2-1-3-11-25;22-15-5-6-18-17(11-15)16-2-1-3-19(21(16)24-18)23-12-13-4-7-20-14(10-13)8-9-25-20;1-13-5-3-6-14(11-13)21(25)24(2)19-8-4-7-16-17-12-15(22)9-10-18(17)23-20(16)19;1-25-11-10-14-4-2-5-16(12-14)23-20-7-3-6-17-18-13-15(22)8-9-19(18)24-21(17)20;1-24(2)15-9-7-14(8-10-15)22-19-5-3-4-16-17-12-13(21)6-11-18(17)23-20(16)19;17-11-6-7-14-13(10-11)12-4-3-5-15(16(12)18-14)19-8-1-2-9-19/h7-9,12-13,15,21,24H,1-6,10-11,14H2;4-7,10-11,19,23-24H,1-3,8-9,12H2;3,5-6,9-12,19,23H,4,7-8H2,1-2H3;2,4-5,8-9,12-13,20,23-24H,3,6-7,10-11H2,1H3;6-12,19,22-23H,3-5H2,1-2H3;1-2,6-7,10,15,18H,3-5,8-9H2. The van der Waals surface area contributed by atoms with Gasteiger partial charge in [-0.1, -0.05) is 156 Å². The van der Waals surface area contributed by atoms with Gasteiger partial charge in [-0.15, -0.1) is 0 Å². The number of benzene rings is 10. The lowest BCUT2D eigenvalue weighted by Gasteiger charge is -2.31. The van der Waals surface area contributed by atoms with Crippen LogP contribution in [0.2, 0.25) is 0 Å². The van der Waals surface area contributed by atoms with Crippen molar-refractivity contribution in [3.63, 3.8) is 0 Å². The molecule has 744 valence electrons. The topological polar surface area (TPSA) is 184 Å². The fraction of sp³-hybridized carbons (Fsp3) is 0.347. The summed E-state index contributed by atoms with van der Waals surface area (Å²) in [6, 6.07) is 75.4. The molecule has 3 aliphatic heterocycles. The summed E-state index contributed by atoms with van der Waals surface area (Å²) < 4.78 is 20.1. The van der Waals surface area contributed by atoms with Gasteiger partial charge in [0.25, 0.3) is 5.91 Å². The van der Waals surface area contributed by atoms with E-state index in [9.17, 15) is 4.79 Å². The van der Waals surface area contributed by atoms with Crippen LogP contribution in [0.25, 0.3) is 65.4 Å². The van der Waals surface area contributed by atoms with Gasteiger partial charge >= 0.3 is 0 Å². The smallest absolute Gasteiger partial charge is 0.254 e. The maximum absolute atomic E-state index is 13.0. The van der Waals surface area contributed by atoms with Gasteiger partial charge in [-0.3, -0.25) is 14.6 Å². The number of ether oxygens (including phenoxy) is 2. The van der Waals surface area contributed by atoms with Crippen LogP contribution in [-0.2, 0) is 69.2 Å². The van der Waals surface area contributed by atoms with Crippen LogP contribution in [0.15, 0.2) is 258 Å². The van der Waals surface area contributed by atoms with Crippen LogP contribution in [-0.4, -0.2) is 123 Å². The van der Waals surface area contributed by atoms with E-state index in [1.165, 1.54) is 273 Å². The largest absolute Gasteiger partial charge is 0.493 e. The number of rotatable bonds is 17. The lowest BCUT2D eigenvalue weighted by molar-refractivity contribution is 0.0711. The highest BCUT2D eigenvalue weighted by molar-refractivity contribution is 9.11. The predicted octanol–water partition coefficient (Wildman–Crippen LogP) is 31.3. The molecule has 17 aromatic rings. The Balaban J connectivity index is 0.000000102. The zero-order valence-corrected chi connectivity index (χ0v) is 92.6. The Morgan fingerprint density at radius 3 is 1.42 bits per heavy atom. The number of anilines is 3. The van der Waals surface area contributed by atoms with Gasteiger partial charge in [0.05, 0.1) is 43.4 Å². The number of hydrogen-bond acceptors (Lipinski definition) is 9. The number of halogens is 6. The molecule has 23 heteroatoms. The second-order valence-corrected chi connectivity index (χ2v) is 46.4. The van der Waals surface area contributed by atoms with Crippen molar-refractivity contribution in [1.82, 2.24) is 54.5 Å². The van der Waals surface area contributed by atoms with Crippen LogP contribution in [0.5, 0.6) is 5.75 Å². The second-order valence-electron chi connectivity index (χ2n) is 40.9. The first-order chi connectivity index (χ1) is 70.3. The minimum Gasteiger partial charge on any atom is -0.493 e. The molecular weight excluding hydrogens is 2180 g/mol. The van der Waals surface area contributed by atoms with Crippen molar-refractivity contribution >= 4 is 184 Å². The molecule has 17 nitrogen and oxygen atoms in total. The summed E-state index contributed by atoms with van der Waals surface area (Å²) in [4.78, 5) is 44.1. The van der Waals surface area contributed by atoms with E-state index in [-0.39, 0.29) is 11.9 Å². The minimum atomic E-state index is 0.0846. The van der Waals surface area contributed by atoms with Crippen molar-refractivity contribution in [1.29, 1.82) is 0 Å². The van der Waals surface area contributed by atoms with Crippen LogP contribution < -0.4 is 25.6 Å². The summed E-state index contributed by atoms with van der Waals surface area (Å²) in [6.45, 7) is 10.3. The molecule has 6 unspecified atom stereocenters. The molecule has 10 heterocycles. The van der Waals surface area contributed by atoms with Gasteiger partial charge in [0, 0.05) is 228 Å². The average Bonchev–Trinajstić information content (AvgIpc) is 1.63. The summed E-state index contributed by atoms with van der Waals surface area (Å²) in [7, 11) is 7.81. The van der Waals surface area contributed by atoms with E-state index < -0.39 is 0 Å². The molecule has 6 aliphatic carbocycles. The number of nitrogens with one attached hydrogen (secondary N) is 9. The number of amides is 1. The number of fused-ring (bicyclic) bond motifs is 19. The van der Waals surface area contributed by atoms with Crippen molar-refractivity contribution < 1.29 is 14.3 Å². The van der Waals surface area contributed by atoms with E-state index in [0.29, 0.717) is 30.2 Å². The second kappa shape index (κ2) is 45.3.